The van der Waals surface area contributed by atoms with E-state index >= 15 is 0 Å². The van der Waals surface area contributed by atoms with Crippen LogP contribution in [0.5, 0.6) is 0 Å². The van der Waals surface area contributed by atoms with Gasteiger partial charge in [-0.3, -0.25) is 0 Å². The molecular weight excluding hydrogens is 450 g/mol. The van der Waals surface area contributed by atoms with E-state index in [4.69, 9.17) is 16.6 Å². The first kappa shape index (κ1) is 20.1. The average Bonchev–Trinajstić information content (AvgIpc) is 2.92. The van der Waals surface area contributed by atoms with E-state index in [0.29, 0.717) is 11.6 Å². The monoisotopic (exact) mass is 467 g/mol. The van der Waals surface area contributed by atoms with Gasteiger partial charge in [-0.25, -0.2) is 4.98 Å². The smallest absolute Gasteiger partial charge is 0.208 e. The molecule has 0 aliphatic rings. The third kappa shape index (κ3) is 3.32. The fraction of sp³-hybridized carbons (Fsp3) is 0. The number of hydrogen-bond donors (Lipinski definition) is 0. The molecule has 0 aliphatic carbocycles. The molecule has 0 spiro atoms. The summed E-state index contributed by atoms with van der Waals surface area (Å²) in [5.74, 6) is 1.13. The Balaban J connectivity index is 1.44. The Morgan fingerprint density at radius 2 is 1.00 bits per heavy atom. The summed E-state index contributed by atoms with van der Waals surface area (Å²) in [5.41, 5.74) is 1.85. The average molecular weight is 468 g/mol. The normalized spacial score (nSPS) is 11.6. The minimum Gasteiger partial charge on any atom is -0.208 e. The van der Waals surface area contributed by atoms with E-state index in [2.05, 4.69) is 107 Å². The largest absolute Gasteiger partial charge is 0.226 e. The lowest BCUT2D eigenvalue weighted by Crippen LogP contribution is -1.98. The molecule has 7 aromatic rings. The maximum Gasteiger partial charge on any atom is 0.226 e. The van der Waals surface area contributed by atoms with Gasteiger partial charge in [0.25, 0.3) is 0 Å². The highest BCUT2D eigenvalue weighted by atomic mass is 35.5. The van der Waals surface area contributed by atoms with Gasteiger partial charge in [-0.1, -0.05) is 97.1 Å². The Morgan fingerprint density at radius 3 is 1.83 bits per heavy atom. The van der Waals surface area contributed by atoms with Crippen LogP contribution in [0.3, 0.4) is 0 Å². The number of benzene rings is 6. The molecule has 0 fully saturated rings. The molecule has 4 heteroatoms. The maximum absolute atomic E-state index is 6.45. The van der Waals surface area contributed by atoms with Crippen LogP contribution in [0, 0.1) is 0 Å². The quantitative estimate of drug-likeness (QED) is 0.239. The van der Waals surface area contributed by atoms with Crippen molar-refractivity contribution in [1.29, 1.82) is 0 Å². The molecule has 1 aromatic heterocycles. The second-order valence-electron chi connectivity index (χ2n) is 8.67. The molecule has 0 atom stereocenters. The van der Waals surface area contributed by atoms with Gasteiger partial charge in [0.15, 0.2) is 11.6 Å². The third-order valence-electron chi connectivity index (χ3n) is 6.62. The third-order valence-corrected chi connectivity index (χ3v) is 6.79. The Morgan fingerprint density at radius 1 is 0.429 bits per heavy atom. The molecule has 0 unspecified atom stereocenters. The zero-order valence-corrected chi connectivity index (χ0v) is 19.4. The number of hydrogen-bond acceptors (Lipinski definition) is 3. The van der Waals surface area contributed by atoms with Gasteiger partial charge in [-0.05, 0) is 66.8 Å². The van der Waals surface area contributed by atoms with Gasteiger partial charge >= 0.3 is 0 Å². The van der Waals surface area contributed by atoms with Crippen molar-refractivity contribution in [1.82, 2.24) is 15.0 Å². The fourth-order valence-corrected chi connectivity index (χ4v) is 5.15. The fourth-order valence-electron chi connectivity index (χ4n) is 4.99. The van der Waals surface area contributed by atoms with Crippen molar-refractivity contribution in [3.63, 3.8) is 0 Å². The summed E-state index contributed by atoms with van der Waals surface area (Å²) in [5, 5.41) is 9.56. The van der Waals surface area contributed by atoms with Gasteiger partial charge in [0.05, 0.1) is 0 Å². The summed E-state index contributed by atoms with van der Waals surface area (Å²) in [4.78, 5) is 13.9. The minimum absolute atomic E-state index is 0.181. The lowest BCUT2D eigenvalue weighted by atomic mass is 9.97. The van der Waals surface area contributed by atoms with E-state index in [1.807, 2.05) is 12.1 Å². The highest BCUT2D eigenvalue weighted by Crippen LogP contribution is 2.35. The molecule has 0 aliphatic heterocycles. The van der Waals surface area contributed by atoms with Crippen LogP contribution in [0.25, 0.3) is 65.9 Å². The van der Waals surface area contributed by atoms with E-state index in [-0.39, 0.29) is 5.28 Å². The number of aromatic nitrogens is 3. The van der Waals surface area contributed by atoms with Crippen LogP contribution in [0.15, 0.2) is 109 Å². The number of rotatable bonds is 2. The maximum atomic E-state index is 6.45. The Hall–Kier alpha value is -4.34. The summed E-state index contributed by atoms with van der Waals surface area (Å²) in [6.07, 6.45) is 0. The Labute approximate surface area is 206 Å². The van der Waals surface area contributed by atoms with Gasteiger partial charge < -0.3 is 0 Å². The van der Waals surface area contributed by atoms with Crippen LogP contribution >= 0.6 is 11.6 Å². The van der Waals surface area contributed by atoms with Crippen molar-refractivity contribution < 1.29 is 0 Å². The van der Waals surface area contributed by atoms with Crippen LogP contribution in [-0.4, -0.2) is 15.0 Å². The lowest BCUT2D eigenvalue weighted by Gasteiger charge is -2.11. The molecule has 6 aromatic carbocycles. The molecule has 35 heavy (non-hydrogen) atoms. The molecule has 0 N–H and O–H groups in total. The number of fused-ring (bicyclic) bond motifs is 6. The van der Waals surface area contributed by atoms with Crippen molar-refractivity contribution in [3.05, 3.63) is 114 Å². The SMILES string of the molecule is Clc1nc(-c2ccc3c(ccc4ccccc43)c2)nc(-c2cc3ccccc3c3ccccc23)n1. The van der Waals surface area contributed by atoms with Gasteiger partial charge in [-0.2, -0.15) is 9.97 Å². The van der Waals surface area contributed by atoms with E-state index in [1.54, 1.807) is 0 Å². The molecule has 0 saturated heterocycles. The predicted octanol–water partition coefficient (Wildman–Crippen LogP) is 8.47. The molecule has 0 radical (unpaired) electrons. The Kier molecular flexibility index (Phi) is 4.51. The molecule has 0 amide bonds. The van der Waals surface area contributed by atoms with Crippen LogP contribution in [-0.2, 0) is 0 Å². The second kappa shape index (κ2) is 7.86. The van der Waals surface area contributed by atoms with Crippen LogP contribution in [0.2, 0.25) is 5.28 Å². The first-order valence-corrected chi connectivity index (χ1v) is 11.9. The van der Waals surface area contributed by atoms with Gasteiger partial charge in [0.2, 0.25) is 5.28 Å². The Bertz CT molecular complexity index is 1930. The molecule has 7 rings (SSSR count). The molecule has 3 nitrogen and oxygen atoms in total. The summed E-state index contributed by atoms with van der Waals surface area (Å²) >= 11 is 6.45. The van der Waals surface area contributed by atoms with Crippen molar-refractivity contribution in [2.75, 3.05) is 0 Å². The molecule has 164 valence electrons. The minimum atomic E-state index is 0.181. The summed E-state index contributed by atoms with van der Waals surface area (Å²) in [7, 11) is 0. The van der Waals surface area contributed by atoms with E-state index in [9.17, 15) is 0 Å². The van der Waals surface area contributed by atoms with E-state index < -0.39 is 0 Å². The first-order chi connectivity index (χ1) is 17.2. The molecular formula is C31H18ClN3. The van der Waals surface area contributed by atoms with Crippen molar-refractivity contribution in [2.24, 2.45) is 0 Å². The summed E-state index contributed by atoms with van der Waals surface area (Å²) in [6, 6.07) is 37.9. The molecule has 0 saturated carbocycles. The van der Waals surface area contributed by atoms with E-state index in [1.165, 1.54) is 21.5 Å². The van der Waals surface area contributed by atoms with Crippen LogP contribution in [0.4, 0.5) is 0 Å². The van der Waals surface area contributed by atoms with Gasteiger partial charge in [0.1, 0.15) is 0 Å². The second-order valence-corrected chi connectivity index (χ2v) is 9.00. The summed E-state index contributed by atoms with van der Waals surface area (Å²) < 4.78 is 0. The number of nitrogens with zero attached hydrogens (tertiary/aromatic N) is 3. The van der Waals surface area contributed by atoms with Crippen LogP contribution < -0.4 is 0 Å². The van der Waals surface area contributed by atoms with Gasteiger partial charge in [-0.15, -0.1) is 0 Å². The zero-order chi connectivity index (χ0) is 23.4. The van der Waals surface area contributed by atoms with Crippen molar-refractivity contribution in [2.45, 2.75) is 0 Å². The summed E-state index contributed by atoms with van der Waals surface area (Å²) in [6.45, 7) is 0. The van der Waals surface area contributed by atoms with Crippen molar-refractivity contribution >= 4 is 54.7 Å². The van der Waals surface area contributed by atoms with Crippen LogP contribution in [0.1, 0.15) is 0 Å². The van der Waals surface area contributed by atoms with E-state index in [0.717, 1.165) is 32.7 Å². The first-order valence-electron chi connectivity index (χ1n) is 11.5. The van der Waals surface area contributed by atoms with Gasteiger partial charge in [0, 0.05) is 11.1 Å². The molecule has 1 heterocycles. The highest BCUT2D eigenvalue weighted by Gasteiger charge is 2.14. The lowest BCUT2D eigenvalue weighted by molar-refractivity contribution is 1.07. The highest BCUT2D eigenvalue weighted by molar-refractivity contribution is 6.28. The predicted molar refractivity (Wildman–Crippen MR) is 146 cm³/mol. The topological polar surface area (TPSA) is 38.7 Å². The number of halogens is 1. The van der Waals surface area contributed by atoms with Crippen molar-refractivity contribution in [3.8, 4) is 22.8 Å². The zero-order valence-electron chi connectivity index (χ0n) is 18.6. The standard InChI is InChI=1S/C31H18ClN3/c32-31-34-29(22-15-16-25-21(17-22)14-13-19-7-1-3-9-23(19)25)33-30(35-31)28-18-20-8-2-4-10-24(20)26-11-5-6-12-27(26)28/h1-18H. The molecule has 0 bridgehead atoms.